The fourth-order valence-electron chi connectivity index (χ4n) is 3.55. The van der Waals surface area contributed by atoms with Crippen molar-refractivity contribution in [3.63, 3.8) is 0 Å². The van der Waals surface area contributed by atoms with Gasteiger partial charge >= 0.3 is 5.97 Å². The van der Waals surface area contributed by atoms with Gasteiger partial charge in [-0.1, -0.05) is 18.9 Å². The zero-order valence-electron chi connectivity index (χ0n) is 18.5. The van der Waals surface area contributed by atoms with Gasteiger partial charge in [-0.25, -0.2) is 5.48 Å². The molecule has 9 nitrogen and oxygen atoms in total. The molecule has 0 aromatic heterocycles. The van der Waals surface area contributed by atoms with Gasteiger partial charge in [0.2, 0.25) is 11.8 Å². The second kappa shape index (κ2) is 14.4. The highest BCUT2D eigenvalue weighted by molar-refractivity contribution is 5.90. The monoisotopic (exact) mass is 449 g/mol. The summed E-state index contributed by atoms with van der Waals surface area (Å²) in [5.74, 6) is -0.276. The smallest absolute Gasteiger partial charge is 0.323 e. The summed E-state index contributed by atoms with van der Waals surface area (Å²) in [4.78, 5) is 35.1. The summed E-state index contributed by atoms with van der Waals surface area (Å²) < 4.78 is 11.1. The molecule has 0 spiro atoms. The molecule has 2 amide bonds. The first kappa shape index (κ1) is 25.6. The minimum absolute atomic E-state index is 0.00234. The molecule has 0 aliphatic heterocycles. The van der Waals surface area contributed by atoms with E-state index in [0.29, 0.717) is 30.7 Å². The van der Waals surface area contributed by atoms with E-state index in [-0.39, 0.29) is 31.0 Å². The van der Waals surface area contributed by atoms with Gasteiger partial charge in [0.1, 0.15) is 17.9 Å². The van der Waals surface area contributed by atoms with Gasteiger partial charge in [0.15, 0.2) is 0 Å². The Labute approximate surface area is 189 Å². The van der Waals surface area contributed by atoms with Crippen LogP contribution in [-0.2, 0) is 19.1 Å². The van der Waals surface area contributed by atoms with Crippen LogP contribution in [0.1, 0.15) is 70.6 Å². The van der Waals surface area contributed by atoms with E-state index in [4.69, 9.17) is 20.4 Å². The number of hydrogen-bond donors (Lipinski definition) is 4. The van der Waals surface area contributed by atoms with Crippen LogP contribution in [0.4, 0.5) is 5.69 Å². The molecule has 1 unspecified atom stereocenters. The van der Waals surface area contributed by atoms with Gasteiger partial charge in [-0.2, -0.15) is 0 Å². The van der Waals surface area contributed by atoms with Gasteiger partial charge in [0.25, 0.3) is 0 Å². The van der Waals surface area contributed by atoms with Crippen molar-refractivity contribution in [2.75, 3.05) is 11.9 Å². The minimum Gasteiger partial charge on any atom is -0.493 e. The number of hydroxylamine groups is 1. The average Bonchev–Trinajstić information content (AvgIpc) is 3.29. The number of esters is 1. The summed E-state index contributed by atoms with van der Waals surface area (Å²) in [6, 6.07) is 6.36. The van der Waals surface area contributed by atoms with E-state index < -0.39 is 11.9 Å². The zero-order valence-corrected chi connectivity index (χ0v) is 18.5. The van der Waals surface area contributed by atoms with Crippen LogP contribution in [0.25, 0.3) is 0 Å². The quantitative estimate of drug-likeness (QED) is 0.148. The maximum Gasteiger partial charge on any atom is 0.323 e. The van der Waals surface area contributed by atoms with Crippen molar-refractivity contribution in [2.45, 2.75) is 82.8 Å². The highest BCUT2D eigenvalue weighted by Gasteiger charge is 2.23. The van der Waals surface area contributed by atoms with Crippen LogP contribution in [0, 0.1) is 0 Å². The van der Waals surface area contributed by atoms with E-state index in [1.165, 1.54) is 0 Å². The van der Waals surface area contributed by atoms with E-state index >= 15 is 0 Å². The Morgan fingerprint density at radius 1 is 1.06 bits per heavy atom. The van der Waals surface area contributed by atoms with Gasteiger partial charge in [-0.3, -0.25) is 19.6 Å². The summed E-state index contributed by atoms with van der Waals surface area (Å²) in [6.45, 7) is 0.270. The summed E-state index contributed by atoms with van der Waals surface area (Å²) in [6.07, 6.45) is 8.07. The normalized spacial score (nSPS) is 14.6. The first-order chi connectivity index (χ1) is 15.5. The molecule has 1 saturated carbocycles. The second-order valence-electron chi connectivity index (χ2n) is 8.11. The van der Waals surface area contributed by atoms with E-state index in [1.807, 2.05) is 0 Å². The fraction of sp³-hybridized carbons (Fsp3) is 0.609. The molecular weight excluding hydrogens is 414 g/mol. The highest BCUT2D eigenvalue weighted by atomic mass is 16.5. The van der Waals surface area contributed by atoms with E-state index in [9.17, 15) is 14.4 Å². The standard InChI is InChI=1S/C23H35N3O6/c24-20(23(29)32-18-9-5-6-10-18)14-15-31-19-11-7-8-17(16-19)25-21(27)12-3-1-2-4-13-22(28)26-30/h7-8,11,16,18,20,30H,1-6,9-10,12-15,24H2,(H,25,27)(H,26,28). The molecule has 32 heavy (non-hydrogen) atoms. The molecule has 9 heteroatoms. The zero-order chi connectivity index (χ0) is 23.2. The minimum atomic E-state index is -0.712. The van der Waals surface area contributed by atoms with Gasteiger partial charge in [0, 0.05) is 31.0 Å². The number of amides is 2. The number of anilines is 1. The summed E-state index contributed by atoms with van der Waals surface area (Å²) in [7, 11) is 0. The SMILES string of the molecule is NC(CCOc1cccc(NC(=O)CCCCCCC(=O)NO)c1)C(=O)OC1CCCC1. The molecule has 5 N–H and O–H groups in total. The summed E-state index contributed by atoms with van der Waals surface area (Å²) in [5.41, 5.74) is 8.15. The lowest BCUT2D eigenvalue weighted by molar-refractivity contribution is -0.150. The number of carbonyl (C=O) groups is 3. The Morgan fingerprint density at radius 3 is 2.44 bits per heavy atom. The molecule has 178 valence electrons. The Hall–Kier alpha value is -2.65. The van der Waals surface area contributed by atoms with Crippen LogP contribution >= 0.6 is 0 Å². The molecule has 1 fully saturated rings. The van der Waals surface area contributed by atoms with Crippen molar-refractivity contribution < 1.29 is 29.1 Å². The summed E-state index contributed by atoms with van der Waals surface area (Å²) >= 11 is 0. The van der Waals surface area contributed by atoms with Crippen molar-refractivity contribution in [2.24, 2.45) is 5.73 Å². The van der Waals surface area contributed by atoms with Gasteiger partial charge in [-0.15, -0.1) is 0 Å². The fourth-order valence-corrected chi connectivity index (χ4v) is 3.55. The molecule has 1 aromatic carbocycles. The first-order valence-corrected chi connectivity index (χ1v) is 11.4. The molecule has 1 aliphatic carbocycles. The van der Waals surface area contributed by atoms with E-state index in [2.05, 4.69) is 5.32 Å². The number of nitrogens with two attached hydrogens (primary N) is 1. The third-order valence-corrected chi connectivity index (χ3v) is 5.39. The van der Waals surface area contributed by atoms with Gasteiger partial charge < -0.3 is 20.5 Å². The molecule has 1 aromatic rings. The first-order valence-electron chi connectivity index (χ1n) is 11.4. The van der Waals surface area contributed by atoms with Crippen LogP contribution in [0.5, 0.6) is 5.75 Å². The number of hydrogen-bond acceptors (Lipinski definition) is 7. The third kappa shape index (κ3) is 10.1. The lowest BCUT2D eigenvalue weighted by Crippen LogP contribution is -2.35. The van der Waals surface area contributed by atoms with E-state index in [1.54, 1.807) is 29.7 Å². The molecule has 1 atom stereocenters. The van der Waals surface area contributed by atoms with Crippen molar-refractivity contribution in [1.82, 2.24) is 5.48 Å². The van der Waals surface area contributed by atoms with Crippen LogP contribution in [0.2, 0.25) is 0 Å². The number of ether oxygens (including phenoxy) is 2. The van der Waals surface area contributed by atoms with Gasteiger partial charge in [-0.05, 0) is 50.7 Å². The molecule has 0 radical (unpaired) electrons. The molecule has 0 heterocycles. The second-order valence-corrected chi connectivity index (χ2v) is 8.11. The van der Waals surface area contributed by atoms with E-state index in [0.717, 1.165) is 44.9 Å². The number of unbranched alkanes of at least 4 members (excludes halogenated alkanes) is 3. The topological polar surface area (TPSA) is 140 Å². The maximum atomic E-state index is 12.1. The van der Waals surface area contributed by atoms with Gasteiger partial charge in [0.05, 0.1) is 6.61 Å². The van der Waals surface area contributed by atoms with Crippen LogP contribution < -0.4 is 21.3 Å². The van der Waals surface area contributed by atoms with Crippen molar-refractivity contribution in [3.05, 3.63) is 24.3 Å². The Morgan fingerprint density at radius 2 is 1.75 bits per heavy atom. The lowest BCUT2D eigenvalue weighted by atomic mass is 10.1. The van der Waals surface area contributed by atoms with Crippen LogP contribution in [0.3, 0.4) is 0 Å². The predicted molar refractivity (Wildman–Crippen MR) is 119 cm³/mol. The predicted octanol–water partition coefficient (Wildman–Crippen LogP) is 3.05. The molecular formula is C23H35N3O6. The largest absolute Gasteiger partial charge is 0.493 e. The highest BCUT2D eigenvalue weighted by Crippen LogP contribution is 2.22. The number of nitrogens with one attached hydrogen (secondary N) is 2. The molecule has 1 aliphatic rings. The molecule has 0 saturated heterocycles. The van der Waals surface area contributed by atoms with Crippen molar-refractivity contribution >= 4 is 23.5 Å². The van der Waals surface area contributed by atoms with Crippen molar-refractivity contribution in [3.8, 4) is 5.75 Å². The number of rotatable bonds is 14. The lowest BCUT2D eigenvalue weighted by Gasteiger charge is -2.16. The third-order valence-electron chi connectivity index (χ3n) is 5.39. The average molecular weight is 450 g/mol. The van der Waals surface area contributed by atoms with Crippen LogP contribution in [-0.4, -0.2) is 41.7 Å². The van der Waals surface area contributed by atoms with Crippen LogP contribution in [0.15, 0.2) is 24.3 Å². The molecule has 2 rings (SSSR count). The number of carbonyl (C=O) groups excluding carboxylic acids is 3. The summed E-state index contributed by atoms with van der Waals surface area (Å²) in [5, 5.41) is 11.3. The number of benzene rings is 1. The Bertz CT molecular complexity index is 736. The van der Waals surface area contributed by atoms with Crippen molar-refractivity contribution in [1.29, 1.82) is 0 Å². The maximum absolute atomic E-state index is 12.1. The Balaban J connectivity index is 1.62. The molecule has 0 bridgehead atoms. The Kier molecular flexibility index (Phi) is 11.5.